The van der Waals surface area contributed by atoms with Crippen molar-refractivity contribution in [2.24, 2.45) is 0 Å². The molecule has 0 saturated carbocycles. The van der Waals surface area contributed by atoms with Crippen molar-refractivity contribution in [2.75, 3.05) is 9.80 Å². The Balaban J connectivity index is 1.56. The molecular weight excluding hydrogens is 436 g/mol. The largest absolute Gasteiger partial charge is 0.311 e. The Labute approximate surface area is 213 Å². The molecule has 0 unspecified atom stereocenters. The molecule has 0 aliphatic carbocycles. The van der Waals surface area contributed by atoms with Gasteiger partial charge in [0, 0.05) is 34.1 Å². The van der Waals surface area contributed by atoms with Crippen LogP contribution in [-0.4, -0.2) is 0 Å². The van der Waals surface area contributed by atoms with Gasteiger partial charge in [-0.2, -0.15) is 0 Å². The van der Waals surface area contributed by atoms with Crippen LogP contribution in [0.25, 0.3) is 12.2 Å². The van der Waals surface area contributed by atoms with Crippen molar-refractivity contribution in [1.29, 1.82) is 0 Å². The molecule has 2 nitrogen and oxygen atoms in total. The monoisotopic (exact) mass is 464 g/mol. The lowest BCUT2D eigenvalue weighted by Gasteiger charge is -2.28. The average Bonchev–Trinajstić information content (AvgIpc) is 2.96. The van der Waals surface area contributed by atoms with E-state index in [1.54, 1.807) is 0 Å². The van der Waals surface area contributed by atoms with Gasteiger partial charge in [-0.05, 0) is 83.9 Å². The highest BCUT2D eigenvalue weighted by Gasteiger charge is 2.15. The number of hydrogen-bond donors (Lipinski definition) is 0. The molecule has 5 rings (SSSR count). The lowest BCUT2D eigenvalue weighted by molar-refractivity contribution is 1.25. The van der Waals surface area contributed by atoms with Crippen molar-refractivity contribution in [2.45, 2.75) is 0 Å². The maximum absolute atomic E-state index is 3.88. The molecule has 0 saturated heterocycles. The predicted molar refractivity (Wildman–Crippen MR) is 156 cm³/mol. The Morgan fingerprint density at radius 1 is 0.333 bits per heavy atom. The summed E-state index contributed by atoms with van der Waals surface area (Å²) >= 11 is 0. The van der Waals surface area contributed by atoms with E-state index in [0.29, 0.717) is 0 Å². The number of anilines is 6. The summed E-state index contributed by atoms with van der Waals surface area (Å²) < 4.78 is 0. The third-order valence-corrected chi connectivity index (χ3v) is 6.17. The number of benzene rings is 5. The van der Waals surface area contributed by atoms with Gasteiger partial charge in [-0.1, -0.05) is 86.0 Å². The van der Waals surface area contributed by atoms with Crippen LogP contribution in [0.3, 0.4) is 0 Å². The van der Waals surface area contributed by atoms with Crippen molar-refractivity contribution in [1.82, 2.24) is 0 Å². The summed E-state index contributed by atoms with van der Waals surface area (Å²) in [6.07, 6.45) is 3.73. The minimum Gasteiger partial charge on any atom is -0.311 e. The summed E-state index contributed by atoms with van der Waals surface area (Å²) in [4.78, 5) is 4.53. The Morgan fingerprint density at radius 3 is 0.861 bits per heavy atom. The van der Waals surface area contributed by atoms with Gasteiger partial charge in [-0.15, -0.1) is 0 Å². The van der Waals surface area contributed by atoms with Crippen LogP contribution < -0.4 is 9.80 Å². The highest BCUT2D eigenvalue weighted by atomic mass is 15.2. The van der Waals surface area contributed by atoms with E-state index in [0.717, 1.165) is 45.3 Å². The molecule has 0 aliphatic heterocycles. The Bertz CT molecular complexity index is 1310. The van der Waals surface area contributed by atoms with Gasteiger partial charge in [0.2, 0.25) is 0 Å². The molecule has 5 aromatic rings. The van der Waals surface area contributed by atoms with Crippen LogP contribution in [0, 0.1) is 0 Å². The van der Waals surface area contributed by atoms with Gasteiger partial charge in [0.05, 0.1) is 0 Å². The maximum Gasteiger partial charge on any atom is 0.0463 e. The van der Waals surface area contributed by atoms with E-state index >= 15 is 0 Å². The fourth-order valence-electron chi connectivity index (χ4n) is 4.32. The van der Waals surface area contributed by atoms with Crippen LogP contribution in [-0.2, 0) is 0 Å². The van der Waals surface area contributed by atoms with Gasteiger partial charge < -0.3 is 9.80 Å². The molecule has 0 atom stereocenters. The zero-order chi connectivity index (χ0) is 24.7. The summed E-state index contributed by atoms with van der Waals surface area (Å²) in [5.74, 6) is 0. The SMILES string of the molecule is C=Cc1ccc(N(c2ccccc2)c2ccc(N(c3ccccc3)c3ccc(C=C)cc3)cc2)cc1. The van der Waals surface area contributed by atoms with E-state index in [1.807, 2.05) is 24.3 Å². The summed E-state index contributed by atoms with van der Waals surface area (Å²) in [6.45, 7) is 7.77. The third kappa shape index (κ3) is 4.84. The van der Waals surface area contributed by atoms with E-state index in [4.69, 9.17) is 0 Å². The smallest absolute Gasteiger partial charge is 0.0463 e. The summed E-state index contributed by atoms with van der Waals surface area (Å²) in [5.41, 5.74) is 8.79. The van der Waals surface area contributed by atoms with Crippen molar-refractivity contribution in [3.63, 3.8) is 0 Å². The minimum atomic E-state index is 1.09. The molecule has 174 valence electrons. The van der Waals surface area contributed by atoms with Crippen LogP contribution in [0.2, 0.25) is 0 Å². The van der Waals surface area contributed by atoms with Gasteiger partial charge in [-0.25, -0.2) is 0 Å². The van der Waals surface area contributed by atoms with Crippen molar-refractivity contribution < 1.29 is 0 Å². The van der Waals surface area contributed by atoms with Crippen LogP contribution in [0.15, 0.2) is 147 Å². The van der Waals surface area contributed by atoms with E-state index in [9.17, 15) is 0 Å². The fraction of sp³-hybridized carbons (Fsp3) is 0. The topological polar surface area (TPSA) is 6.48 Å². The normalized spacial score (nSPS) is 10.4. The maximum atomic E-state index is 3.88. The second-order valence-corrected chi connectivity index (χ2v) is 8.45. The number of para-hydroxylation sites is 2. The van der Waals surface area contributed by atoms with Gasteiger partial charge in [0.1, 0.15) is 0 Å². The minimum absolute atomic E-state index is 1.09. The molecule has 5 aromatic carbocycles. The quantitative estimate of drug-likeness (QED) is 0.225. The van der Waals surface area contributed by atoms with Crippen molar-refractivity contribution in [3.05, 3.63) is 158 Å². The molecule has 2 heteroatoms. The van der Waals surface area contributed by atoms with Crippen molar-refractivity contribution in [3.8, 4) is 0 Å². The lowest BCUT2D eigenvalue weighted by atomic mass is 10.1. The summed E-state index contributed by atoms with van der Waals surface area (Å²) in [7, 11) is 0. The molecule has 36 heavy (non-hydrogen) atoms. The first-order valence-electron chi connectivity index (χ1n) is 12.0. The second kappa shape index (κ2) is 10.6. The summed E-state index contributed by atoms with van der Waals surface area (Å²) in [6, 6.07) is 46.5. The van der Waals surface area contributed by atoms with Crippen molar-refractivity contribution >= 4 is 46.3 Å². The van der Waals surface area contributed by atoms with Crippen LogP contribution in [0.1, 0.15) is 11.1 Å². The molecule has 0 amide bonds. The zero-order valence-electron chi connectivity index (χ0n) is 20.2. The van der Waals surface area contributed by atoms with Gasteiger partial charge in [0.25, 0.3) is 0 Å². The average molecular weight is 465 g/mol. The van der Waals surface area contributed by atoms with Crippen LogP contribution in [0.5, 0.6) is 0 Å². The highest BCUT2D eigenvalue weighted by molar-refractivity contribution is 5.81. The van der Waals surface area contributed by atoms with E-state index in [-0.39, 0.29) is 0 Å². The molecule has 0 aliphatic rings. The first-order chi connectivity index (χ1) is 17.8. The zero-order valence-corrected chi connectivity index (χ0v) is 20.2. The Kier molecular flexibility index (Phi) is 6.77. The van der Waals surface area contributed by atoms with E-state index < -0.39 is 0 Å². The number of rotatable bonds is 8. The molecule has 0 fully saturated rings. The predicted octanol–water partition coefficient (Wildman–Crippen LogP) is 9.91. The first-order valence-corrected chi connectivity index (χ1v) is 12.0. The molecule has 0 aromatic heterocycles. The molecule has 0 radical (unpaired) electrons. The van der Waals surface area contributed by atoms with Gasteiger partial charge in [-0.3, -0.25) is 0 Å². The van der Waals surface area contributed by atoms with E-state index in [2.05, 4.69) is 144 Å². The van der Waals surface area contributed by atoms with Crippen LogP contribution in [0.4, 0.5) is 34.1 Å². The Hall–Kier alpha value is -4.82. The molecule has 0 spiro atoms. The number of hydrogen-bond acceptors (Lipinski definition) is 2. The number of nitrogens with zero attached hydrogens (tertiary/aromatic N) is 2. The van der Waals surface area contributed by atoms with E-state index in [1.165, 1.54) is 0 Å². The van der Waals surface area contributed by atoms with Crippen LogP contribution >= 0.6 is 0 Å². The summed E-state index contributed by atoms with van der Waals surface area (Å²) in [5, 5.41) is 0. The molecule has 0 N–H and O–H groups in total. The van der Waals surface area contributed by atoms with Gasteiger partial charge >= 0.3 is 0 Å². The molecule has 0 heterocycles. The lowest BCUT2D eigenvalue weighted by Crippen LogP contribution is -2.12. The fourth-order valence-corrected chi connectivity index (χ4v) is 4.32. The standard InChI is InChI=1S/C34H28N2/c1-3-27-15-19-31(20-16-27)35(29-11-7-5-8-12-29)33-23-25-34(26-24-33)36(30-13-9-6-10-14-30)32-21-17-28(4-2)18-22-32/h3-26H,1-2H2. The molecular formula is C34H28N2. The third-order valence-electron chi connectivity index (χ3n) is 6.17. The Morgan fingerprint density at radius 2 is 0.583 bits per heavy atom. The molecule has 0 bridgehead atoms. The second-order valence-electron chi connectivity index (χ2n) is 8.45. The highest BCUT2D eigenvalue weighted by Crippen LogP contribution is 2.38. The first kappa shape index (κ1) is 22.9. The van der Waals surface area contributed by atoms with Gasteiger partial charge in [0.15, 0.2) is 0 Å².